The number of nitrogens with one attached hydrogen (secondary N) is 2. The third-order valence-electron chi connectivity index (χ3n) is 4.18. The lowest BCUT2D eigenvalue weighted by atomic mass is 10.0. The smallest absolute Gasteiger partial charge is 0.433 e. The van der Waals surface area contributed by atoms with Gasteiger partial charge < -0.3 is 21.6 Å². The molecule has 0 spiro atoms. The van der Waals surface area contributed by atoms with Crippen LogP contribution in [0.4, 0.5) is 23.2 Å². The van der Waals surface area contributed by atoms with Crippen molar-refractivity contribution in [1.29, 1.82) is 10.8 Å². The van der Waals surface area contributed by atoms with E-state index >= 15 is 0 Å². The molecule has 0 radical (unpaired) electrons. The second-order valence-electron chi connectivity index (χ2n) is 6.13. The molecule has 3 aromatic rings. The number of hydrogen-bond acceptors (Lipinski definition) is 6. The highest BCUT2D eigenvalue weighted by Crippen LogP contribution is 2.37. The van der Waals surface area contributed by atoms with E-state index in [1.54, 1.807) is 0 Å². The Kier molecular flexibility index (Phi) is 5.41. The number of ether oxygens (including phenoxy) is 1. The van der Waals surface area contributed by atoms with Crippen LogP contribution in [0.3, 0.4) is 0 Å². The van der Waals surface area contributed by atoms with E-state index < -0.39 is 23.3 Å². The molecule has 2 aromatic carbocycles. The minimum Gasteiger partial charge on any atom is -0.456 e. The number of anilines is 1. The van der Waals surface area contributed by atoms with Crippen LogP contribution in [-0.2, 0) is 0 Å². The monoisotopic (exact) mass is 417 g/mol. The SMILES string of the molecule is N=Cc1c(N)ccc2nc(/C(=C/N)C(=N)C(F)(F)F)cc(Oc3cccc(F)c3)c12. The van der Waals surface area contributed by atoms with Crippen molar-refractivity contribution in [3.8, 4) is 11.5 Å². The van der Waals surface area contributed by atoms with E-state index in [1.807, 2.05) is 0 Å². The van der Waals surface area contributed by atoms with Gasteiger partial charge in [0, 0.05) is 41.4 Å². The van der Waals surface area contributed by atoms with Crippen molar-refractivity contribution < 1.29 is 22.3 Å². The third kappa shape index (κ3) is 3.93. The van der Waals surface area contributed by atoms with E-state index in [1.165, 1.54) is 30.3 Å². The second-order valence-corrected chi connectivity index (χ2v) is 6.13. The molecule has 1 aromatic heterocycles. The number of nitrogens with two attached hydrogens (primary N) is 2. The first-order valence-electron chi connectivity index (χ1n) is 8.41. The maximum absolute atomic E-state index is 13.6. The van der Waals surface area contributed by atoms with Crippen molar-refractivity contribution in [3.05, 3.63) is 65.7 Å². The zero-order valence-corrected chi connectivity index (χ0v) is 15.2. The van der Waals surface area contributed by atoms with E-state index in [-0.39, 0.29) is 39.3 Å². The summed E-state index contributed by atoms with van der Waals surface area (Å²) in [6.45, 7) is 0. The molecule has 6 N–H and O–H groups in total. The first kappa shape index (κ1) is 20.8. The van der Waals surface area contributed by atoms with Gasteiger partial charge in [0.2, 0.25) is 0 Å². The van der Waals surface area contributed by atoms with E-state index in [0.717, 1.165) is 18.3 Å². The summed E-state index contributed by atoms with van der Waals surface area (Å²) < 4.78 is 58.5. The number of rotatable bonds is 5. The van der Waals surface area contributed by atoms with Crippen LogP contribution >= 0.6 is 0 Å². The van der Waals surface area contributed by atoms with Crippen LogP contribution in [0.15, 0.2) is 48.7 Å². The van der Waals surface area contributed by atoms with Crippen LogP contribution in [0.25, 0.3) is 16.5 Å². The fourth-order valence-corrected chi connectivity index (χ4v) is 2.82. The summed E-state index contributed by atoms with van der Waals surface area (Å²) in [6.07, 6.45) is -3.37. The number of aromatic nitrogens is 1. The van der Waals surface area contributed by atoms with Gasteiger partial charge in [-0.3, -0.25) is 5.41 Å². The fraction of sp³-hybridized carbons (Fsp3) is 0.0500. The molecule has 10 heteroatoms. The van der Waals surface area contributed by atoms with Crippen LogP contribution in [0.1, 0.15) is 11.3 Å². The first-order chi connectivity index (χ1) is 14.2. The normalized spacial score (nSPS) is 12.1. The number of fused-ring (bicyclic) bond motifs is 1. The van der Waals surface area contributed by atoms with Crippen molar-refractivity contribution in [3.63, 3.8) is 0 Å². The fourth-order valence-electron chi connectivity index (χ4n) is 2.82. The van der Waals surface area contributed by atoms with Crippen LogP contribution in [0, 0.1) is 16.6 Å². The Morgan fingerprint density at radius 1 is 1.13 bits per heavy atom. The van der Waals surface area contributed by atoms with Crippen molar-refractivity contribution in [2.24, 2.45) is 5.73 Å². The number of pyridine rings is 1. The third-order valence-corrected chi connectivity index (χ3v) is 4.18. The summed E-state index contributed by atoms with van der Waals surface area (Å²) in [7, 11) is 0. The molecule has 6 nitrogen and oxygen atoms in total. The summed E-state index contributed by atoms with van der Waals surface area (Å²) in [4.78, 5) is 4.15. The van der Waals surface area contributed by atoms with Gasteiger partial charge in [-0.2, -0.15) is 13.2 Å². The molecule has 0 atom stereocenters. The van der Waals surface area contributed by atoms with Gasteiger partial charge in [-0.05, 0) is 24.3 Å². The minimum atomic E-state index is -4.95. The number of benzene rings is 2. The molecule has 0 saturated carbocycles. The van der Waals surface area contributed by atoms with Gasteiger partial charge in [0.25, 0.3) is 0 Å². The van der Waals surface area contributed by atoms with Crippen molar-refractivity contribution in [2.75, 3.05) is 5.73 Å². The quantitative estimate of drug-likeness (QED) is 0.275. The zero-order valence-electron chi connectivity index (χ0n) is 15.2. The second kappa shape index (κ2) is 7.82. The molecule has 154 valence electrons. The van der Waals surface area contributed by atoms with Crippen LogP contribution in [0.2, 0.25) is 0 Å². The van der Waals surface area contributed by atoms with E-state index in [0.29, 0.717) is 6.20 Å². The predicted octanol–water partition coefficient (Wildman–Crippen LogP) is 4.63. The van der Waals surface area contributed by atoms with Gasteiger partial charge in [-0.15, -0.1) is 0 Å². The number of nitrogen functional groups attached to an aromatic ring is 1. The van der Waals surface area contributed by atoms with Gasteiger partial charge in [0.15, 0.2) is 0 Å². The van der Waals surface area contributed by atoms with Gasteiger partial charge in [0.1, 0.15) is 23.0 Å². The van der Waals surface area contributed by atoms with Gasteiger partial charge in [-0.1, -0.05) is 6.07 Å². The number of nitrogens with zero attached hydrogens (tertiary/aromatic N) is 1. The molecule has 0 aliphatic rings. The predicted molar refractivity (Wildman–Crippen MR) is 106 cm³/mol. The lowest BCUT2D eigenvalue weighted by Gasteiger charge is -2.16. The summed E-state index contributed by atoms with van der Waals surface area (Å²) in [5, 5.41) is 15.3. The van der Waals surface area contributed by atoms with Crippen molar-refractivity contribution in [2.45, 2.75) is 6.18 Å². The highest BCUT2D eigenvalue weighted by molar-refractivity contribution is 6.24. The standard InChI is InChI=1S/C20H15F4N5O/c21-10-2-1-3-11(6-10)30-17-7-16(13(9-26)19(28)20(22,23)24)29-15-5-4-14(27)12(8-25)18(15)17/h1-9,25,28H,26-27H2/b13-9-,25-8?,28-19?. The van der Waals surface area contributed by atoms with Gasteiger partial charge >= 0.3 is 6.18 Å². The highest BCUT2D eigenvalue weighted by atomic mass is 19.4. The first-order valence-corrected chi connectivity index (χ1v) is 8.41. The van der Waals surface area contributed by atoms with E-state index in [4.69, 9.17) is 27.0 Å². The van der Waals surface area contributed by atoms with Crippen molar-refractivity contribution >= 4 is 34.1 Å². The number of hydrogen-bond donors (Lipinski definition) is 4. The molecule has 30 heavy (non-hydrogen) atoms. The molecule has 0 fully saturated rings. The molecule has 0 saturated heterocycles. The average Bonchev–Trinajstić information content (AvgIpc) is 2.68. The lowest BCUT2D eigenvalue weighted by Crippen LogP contribution is -2.24. The summed E-state index contributed by atoms with van der Waals surface area (Å²) in [5.74, 6) is -0.545. The van der Waals surface area contributed by atoms with E-state index in [9.17, 15) is 17.6 Å². The Morgan fingerprint density at radius 3 is 2.47 bits per heavy atom. The van der Waals surface area contributed by atoms with E-state index in [2.05, 4.69) is 4.98 Å². The number of halogens is 4. The molecule has 0 aliphatic carbocycles. The zero-order chi connectivity index (χ0) is 22.1. The maximum Gasteiger partial charge on any atom is 0.433 e. The maximum atomic E-state index is 13.6. The Balaban J connectivity index is 2.28. The highest BCUT2D eigenvalue weighted by Gasteiger charge is 2.37. The van der Waals surface area contributed by atoms with Gasteiger partial charge in [0.05, 0.1) is 16.6 Å². The number of allylic oxidation sites excluding steroid dienone is 1. The average molecular weight is 417 g/mol. The van der Waals surface area contributed by atoms with Gasteiger partial charge in [-0.25, -0.2) is 9.37 Å². The summed E-state index contributed by atoms with van der Waals surface area (Å²) in [6, 6.07) is 9.13. The molecule has 0 amide bonds. The molecule has 0 unspecified atom stereocenters. The largest absolute Gasteiger partial charge is 0.456 e. The molecule has 1 heterocycles. The van der Waals surface area contributed by atoms with Crippen molar-refractivity contribution in [1.82, 2.24) is 4.98 Å². The Bertz CT molecular complexity index is 1190. The van der Waals surface area contributed by atoms with Crippen LogP contribution < -0.4 is 16.2 Å². The molecule has 0 bridgehead atoms. The molecular formula is C20H15F4N5O. The Morgan fingerprint density at radius 2 is 1.87 bits per heavy atom. The van der Waals surface area contributed by atoms with Crippen LogP contribution in [0.5, 0.6) is 11.5 Å². The van der Waals surface area contributed by atoms with Crippen LogP contribution in [-0.4, -0.2) is 23.1 Å². The summed E-state index contributed by atoms with van der Waals surface area (Å²) in [5.41, 5.74) is 9.23. The molecule has 0 aliphatic heterocycles. The topological polar surface area (TPSA) is 122 Å². The Labute approximate surface area is 167 Å². The number of alkyl halides is 3. The molecular weight excluding hydrogens is 402 g/mol. The molecule has 3 rings (SSSR count). The lowest BCUT2D eigenvalue weighted by molar-refractivity contribution is -0.0578. The Hall–Kier alpha value is -3.95. The minimum absolute atomic E-state index is 0.0271. The summed E-state index contributed by atoms with van der Waals surface area (Å²) >= 11 is 0.